The molecule has 0 spiro atoms. The van der Waals surface area contributed by atoms with E-state index in [0.29, 0.717) is 0 Å². The van der Waals surface area contributed by atoms with E-state index in [1.165, 1.54) is 69.4 Å². The number of benzene rings is 8. The topological polar surface area (TPSA) is 23.0 Å². The fourth-order valence-electron chi connectivity index (χ4n) is 8.66. The van der Waals surface area contributed by atoms with Gasteiger partial charge in [-0.05, 0) is 77.9 Å². The molecule has 0 unspecified atom stereocenters. The number of hydrogen-bond donors (Lipinski definition) is 0. The van der Waals surface area contributed by atoms with Crippen LogP contribution in [0.15, 0.2) is 174 Å². The van der Waals surface area contributed by atoms with Crippen LogP contribution in [0.1, 0.15) is 0 Å². The molecule has 0 aliphatic carbocycles. The summed E-state index contributed by atoms with van der Waals surface area (Å²) >= 11 is 1.86. The highest BCUT2D eigenvalue weighted by molar-refractivity contribution is 7.25. The minimum absolute atomic E-state index is 0.889. The van der Waals surface area contributed by atoms with Gasteiger partial charge in [0.25, 0.3) is 0 Å². The van der Waals surface area contributed by atoms with Crippen LogP contribution in [0, 0.1) is 0 Å². The number of furan rings is 1. The summed E-state index contributed by atoms with van der Waals surface area (Å²) in [6.07, 6.45) is 0. The zero-order valence-corrected chi connectivity index (χ0v) is 28.7. The van der Waals surface area contributed by atoms with Gasteiger partial charge < -0.3 is 13.6 Å². The second kappa shape index (κ2) is 10.5. The first-order valence-electron chi connectivity index (χ1n) is 17.7. The molecule has 3 nitrogen and oxygen atoms in total. The molecule has 12 rings (SSSR count). The Morgan fingerprint density at radius 2 is 1.08 bits per heavy atom. The highest BCUT2D eigenvalue weighted by Gasteiger charge is 2.23. The molecule has 52 heavy (non-hydrogen) atoms. The number of nitrogens with zero attached hydrogens (tertiary/aromatic N) is 2. The summed E-state index contributed by atoms with van der Waals surface area (Å²) in [7, 11) is 0. The van der Waals surface area contributed by atoms with E-state index in [1.807, 2.05) is 11.3 Å². The molecule has 0 N–H and O–H groups in total. The molecule has 4 aromatic heterocycles. The number of rotatable bonds is 3. The molecular formula is C48H28N2OS. The lowest BCUT2D eigenvalue weighted by Gasteiger charge is -2.10. The minimum Gasteiger partial charge on any atom is -0.454 e. The van der Waals surface area contributed by atoms with E-state index >= 15 is 0 Å². The van der Waals surface area contributed by atoms with Crippen LogP contribution >= 0.6 is 11.3 Å². The molecule has 0 atom stereocenters. The quantitative estimate of drug-likeness (QED) is 0.182. The maximum Gasteiger partial charge on any atom is 0.159 e. The zero-order chi connectivity index (χ0) is 33.9. The molecular weight excluding hydrogens is 653 g/mol. The standard InChI is InChI=1S/C48H28N2OS/c1-2-11-31(12-3-1)49-40-18-8-5-15-36(40)46-41(49)24-23-34-32-13-4-7-17-39(32)50(47(34)46)42-19-10-16-35-37-27-29(21-25-43(37)51-48(35)42)30-22-26-45-38(28-30)33-14-6-9-20-44(33)52-45/h1-28H. The molecule has 0 saturated heterocycles. The first-order valence-corrected chi connectivity index (χ1v) is 18.5. The molecule has 0 aliphatic rings. The van der Waals surface area contributed by atoms with E-state index in [-0.39, 0.29) is 0 Å². The average Bonchev–Trinajstić information content (AvgIpc) is 3.95. The summed E-state index contributed by atoms with van der Waals surface area (Å²) in [6.45, 7) is 0. The van der Waals surface area contributed by atoms with Crippen LogP contribution in [0.3, 0.4) is 0 Å². The third kappa shape index (κ3) is 3.79. The maximum absolute atomic E-state index is 6.86. The lowest BCUT2D eigenvalue weighted by molar-refractivity contribution is 0.666. The van der Waals surface area contributed by atoms with Crippen molar-refractivity contribution in [2.45, 2.75) is 0 Å². The smallest absolute Gasteiger partial charge is 0.159 e. The van der Waals surface area contributed by atoms with Crippen molar-refractivity contribution in [2.24, 2.45) is 0 Å². The maximum atomic E-state index is 6.86. The van der Waals surface area contributed by atoms with Crippen LogP contribution in [-0.4, -0.2) is 9.13 Å². The Bertz CT molecular complexity index is 3410. The van der Waals surface area contributed by atoms with Crippen LogP contribution in [0.4, 0.5) is 0 Å². The molecule has 8 aromatic carbocycles. The van der Waals surface area contributed by atoms with Crippen molar-refractivity contribution in [2.75, 3.05) is 0 Å². The summed E-state index contributed by atoms with van der Waals surface area (Å²) in [4.78, 5) is 0. The Morgan fingerprint density at radius 3 is 1.94 bits per heavy atom. The van der Waals surface area contributed by atoms with Crippen LogP contribution < -0.4 is 0 Å². The van der Waals surface area contributed by atoms with Crippen molar-refractivity contribution in [1.29, 1.82) is 0 Å². The van der Waals surface area contributed by atoms with Gasteiger partial charge >= 0.3 is 0 Å². The molecule has 0 bridgehead atoms. The third-order valence-corrected chi connectivity index (χ3v) is 12.1. The van der Waals surface area contributed by atoms with Crippen LogP contribution in [0.2, 0.25) is 0 Å². The van der Waals surface area contributed by atoms with E-state index < -0.39 is 0 Å². The highest BCUT2D eigenvalue weighted by Crippen LogP contribution is 2.44. The summed E-state index contributed by atoms with van der Waals surface area (Å²) in [5.74, 6) is 0. The number of hydrogen-bond acceptors (Lipinski definition) is 2. The predicted molar refractivity (Wildman–Crippen MR) is 221 cm³/mol. The molecule has 12 aromatic rings. The SMILES string of the molecule is c1ccc(-n2c3ccccc3c3c2ccc2c4ccccc4n(-c4cccc5c4oc4ccc(-c6ccc7sc8ccccc8c7c6)cc45)c23)cc1. The van der Waals surface area contributed by atoms with Gasteiger partial charge in [-0.15, -0.1) is 11.3 Å². The van der Waals surface area contributed by atoms with Gasteiger partial charge in [0.1, 0.15) is 5.58 Å². The molecule has 0 fully saturated rings. The summed E-state index contributed by atoms with van der Waals surface area (Å²) in [5.41, 5.74) is 11.1. The normalized spacial score (nSPS) is 12.2. The fraction of sp³-hybridized carbons (Fsp3) is 0. The largest absolute Gasteiger partial charge is 0.454 e. The number of aromatic nitrogens is 2. The molecule has 242 valence electrons. The minimum atomic E-state index is 0.889. The Labute approximate surface area is 301 Å². The second-order valence-electron chi connectivity index (χ2n) is 13.7. The average molecular weight is 681 g/mol. The molecule has 0 radical (unpaired) electrons. The highest BCUT2D eigenvalue weighted by atomic mass is 32.1. The Hall–Kier alpha value is -6.62. The first-order chi connectivity index (χ1) is 25.8. The number of para-hydroxylation sites is 4. The molecule has 0 amide bonds. The first kappa shape index (κ1) is 28.1. The third-order valence-electron chi connectivity index (χ3n) is 10.9. The van der Waals surface area contributed by atoms with Gasteiger partial charge in [-0.3, -0.25) is 0 Å². The van der Waals surface area contributed by atoms with Gasteiger partial charge in [0.15, 0.2) is 5.58 Å². The lowest BCUT2D eigenvalue weighted by Crippen LogP contribution is -1.95. The van der Waals surface area contributed by atoms with E-state index in [0.717, 1.165) is 38.8 Å². The molecule has 0 aliphatic heterocycles. The van der Waals surface area contributed by atoms with E-state index in [1.54, 1.807) is 0 Å². The van der Waals surface area contributed by atoms with E-state index in [4.69, 9.17) is 4.42 Å². The Morgan fingerprint density at radius 1 is 0.404 bits per heavy atom. The van der Waals surface area contributed by atoms with E-state index in [2.05, 4.69) is 179 Å². The Kier molecular flexibility index (Phi) is 5.65. The van der Waals surface area contributed by atoms with Gasteiger partial charge in [0.05, 0.1) is 27.8 Å². The van der Waals surface area contributed by atoms with Crippen molar-refractivity contribution >= 4 is 97.1 Å². The van der Waals surface area contributed by atoms with Crippen molar-refractivity contribution in [3.8, 4) is 22.5 Å². The van der Waals surface area contributed by atoms with Gasteiger partial charge in [0.2, 0.25) is 0 Å². The van der Waals surface area contributed by atoms with Crippen molar-refractivity contribution in [3.05, 3.63) is 170 Å². The van der Waals surface area contributed by atoms with Crippen LogP contribution in [0.25, 0.3) is 108 Å². The van der Waals surface area contributed by atoms with Crippen LogP contribution in [0.5, 0.6) is 0 Å². The van der Waals surface area contributed by atoms with E-state index in [9.17, 15) is 0 Å². The second-order valence-corrected chi connectivity index (χ2v) is 14.8. The summed E-state index contributed by atoms with van der Waals surface area (Å²) in [6, 6.07) is 61.6. The molecule has 4 heteroatoms. The fourth-order valence-corrected chi connectivity index (χ4v) is 9.75. The van der Waals surface area contributed by atoms with Crippen molar-refractivity contribution in [3.63, 3.8) is 0 Å². The van der Waals surface area contributed by atoms with Crippen LogP contribution in [-0.2, 0) is 0 Å². The lowest BCUT2D eigenvalue weighted by atomic mass is 10.0. The monoisotopic (exact) mass is 680 g/mol. The van der Waals surface area contributed by atoms with Gasteiger partial charge in [-0.1, -0.05) is 103 Å². The number of fused-ring (bicyclic) bond motifs is 13. The van der Waals surface area contributed by atoms with Crippen molar-refractivity contribution in [1.82, 2.24) is 9.13 Å². The van der Waals surface area contributed by atoms with Gasteiger partial charge in [-0.25, -0.2) is 0 Å². The van der Waals surface area contributed by atoms with Gasteiger partial charge in [-0.2, -0.15) is 0 Å². The Balaban J connectivity index is 1.14. The van der Waals surface area contributed by atoms with Crippen molar-refractivity contribution < 1.29 is 4.42 Å². The number of thiophene rings is 1. The molecule has 0 saturated carbocycles. The summed E-state index contributed by atoms with van der Waals surface area (Å²) < 4.78 is 14.3. The molecule has 4 heterocycles. The predicted octanol–water partition coefficient (Wildman–Crippen LogP) is 13.8. The van der Waals surface area contributed by atoms with Gasteiger partial charge in [0, 0.05) is 58.2 Å². The summed E-state index contributed by atoms with van der Waals surface area (Å²) in [5, 5.41) is 9.78. The zero-order valence-electron chi connectivity index (χ0n) is 27.9.